The Kier molecular flexibility index (Phi) is 4.61. The van der Waals surface area contributed by atoms with E-state index >= 15 is 0 Å². The number of amides is 2. The Bertz CT molecular complexity index is 499. The minimum absolute atomic E-state index is 0.270. The molecule has 0 unspecified atom stereocenters. The Morgan fingerprint density at radius 2 is 1.89 bits per heavy atom. The zero-order chi connectivity index (χ0) is 14.6. The largest absolute Gasteiger partial charge is 0.366 e. The summed E-state index contributed by atoms with van der Waals surface area (Å²) in [4.78, 5) is 23.0. The second-order valence-corrected chi connectivity index (χ2v) is 4.38. The van der Waals surface area contributed by atoms with Crippen LogP contribution in [0.15, 0.2) is 18.2 Å². The second-order valence-electron chi connectivity index (χ2n) is 4.38. The van der Waals surface area contributed by atoms with E-state index in [2.05, 4.69) is 5.32 Å². The van der Waals surface area contributed by atoms with Crippen LogP contribution in [0.2, 0.25) is 0 Å². The zero-order valence-electron chi connectivity index (χ0n) is 11.0. The van der Waals surface area contributed by atoms with Gasteiger partial charge in [-0.2, -0.15) is 0 Å². The molecule has 19 heavy (non-hydrogen) atoms. The molecule has 0 bridgehead atoms. The maximum absolute atomic E-state index is 13.3. The molecule has 0 atom stereocenters. The van der Waals surface area contributed by atoms with Gasteiger partial charge in [-0.15, -0.1) is 0 Å². The highest BCUT2D eigenvalue weighted by Crippen LogP contribution is 2.18. The number of halogens is 1. The number of hydrogen-bond acceptors (Lipinski definition) is 3. The highest BCUT2D eigenvalue weighted by Gasteiger charge is 2.30. The Hall–Kier alpha value is -1.95. The van der Waals surface area contributed by atoms with Gasteiger partial charge in [-0.1, -0.05) is 13.8 Å². The summed E-state index contributed by atoms with van der Waals surface area (Å²) in [5.74, 6) is -1.99. The quantitative estimate of drug-likeness (QED) is 0.751. The first-order valence-electron chi connectivity index (χ1n) is 6.03. The Morgan fingerprint density at radius 1 is 1.32 bits per heavy atom. The molecule has 0 aromatic heterocycles. The van der Waals surface area contributed by atoms with Crippen molar-refractivity contribution >= 4 is 17.5 Å². The summed E-state index contributed by atoms with van der Waals surface area (Å²) in [6.45, 7) is 3.62. The minimum Gasteiger partial charge on any atom is -0.366 e. The first-order chi connectivity index (χ1) is 8.84. The van der Waals surface area contributed by atoms with E-state index in [9.17, 15) is 14.0 Å². The van der Waals surface area contributed by atoms with Gasteiger partial charge in [0.2, 0.25) is 5.91 Å². The molecular weight excluding hydrogens is 249 g/mol. The first-order valence-corrected chi connectivity index (χ1v) is 6.03. The van der Waals surface area contributed by atoms with Gasteiger partial charge < -0.3 is 16.8 Å². The fraction of sp³-hybridized carbons (Fsp3) is 0.385. The normalized spacial score (nSPS) is 11.2. The molecule has 0 aliphatic rings. The minimum atomic E-state index is -0.985. The molecular formula is C13H18FN3O2. The molecule has 0 fully saturated rings. The lowest BCUT2D eigenvalue weighted by Crippen LogP contribution is -2.50. The molecule has 104 valence electrons. The van der Waals surface area contributed by atoms with Crippen molar-refractivity contribution in [2.75, 3.05) is 5.32 Å². The van der Waals surface area contributed by atoms with Crippen molar-refractivity contribution in [3.63, 3.8) is 0 Å². The van der Waals surface area contributed by atoms with Gasteiger partial charge in [0.1, 0.15) is 5.82 Å². The number of nitrogens with one attached hydrogen (secondary N) is 1. The van der Waals surface area contributed by atoms with E-state index in [1.54, 1.807) is 0 Å². The average Bonchev–Trinajstić information content (AvgIpc) is 2.39. The van der Waals surface area contributed by atoms with Crippen LogP contribution in [0.1, 0.15) is 37.0 Å². The number of carbonyl (C=O) groups excluding carboxylic acids is 2. The summed E-state index contributed by atoms with van der Waals surface area (Å²) in [5.41, 5.74) is 10.0. The van der Waals surface area contributed by atoms with E-state index in [-0.39, 0.29) is 17.2 Å². The number of nitrogens with two attached hydrogens (primary N) is 2. The highest BCUT2D eigenvalue weighted by molar-refractivity contribution is 5.99. The van der Waals surface area contributed by atoms with Crippen LogP contribution in [0, 0.1) is 5.82 Å². The van der Waals surface area contributed by atoms with E-state index in [4.69, 9.17) is 11.5 Å². The molecule has 0 spiro atoms. The van der Waals surface area contributed by atoms with Crippen LogP contribution in [-0.4, -0.2) is 17.4 Å². The molecule has 0 aliphatic carbocycles. The number of benzene rings is 1. The predicted molar refractivity (Wildman–Crippen MR) is 71.0 cm³/mol. The van der Waals surface area contributed by atoms with Crippen LogP contribution >= 0.6 is 0 Å². The third-order valence-corrected chi connectivity index (χ3v) is 3.20. The summed E-state index contributed by atoms with van der Waals surface area (Å²) in [6, 6.07) is 3.62. The number of hydrogen-bond donors (Lipinski definition) is 3. The fourth-order valence-corrected chi connectivity index (χ4v) is 1.62. The molecule has 0 saturated carbocycles. The molecule has 0 aliphatic heterocycles. The third-order valence-electron chi connectivity index (χ3n) is 3.20. The van der Waals surface area contributed by atoms with Crippen LogP contribution in [0.4, 0.5) is 10.1 Å². The maximum atomic E-state index is 13.3. The van der Waals surface area contributed by atoms with E-state index in [0.29, 0.717) is 12.8 Å². The van der Waals surface area contributed by atoms with Crippen LogP contribution in [0.3, 0.4) is 0 Å². The molecule has 0 heterocycles. The fourth-order valence-electron chi connectivity index (χ4n) is 1.62. The summed E-state index contributed by atoms with van der Waals surface area (Å²) < 4.78 is 13.3. The van der Waals surface area contributed by atoms with Crippen molar-refractivity contribution in [2.45, 2.75) is 32.2 Å². The van der Waals surface area contributed by atoms with Gasteiger partial charge >= 0.3 is 0 Å². The molecule has 0 saturated heterocycles. The summed E-state index contributed by atoms with van der Waals surface area (Å²) in [5, 5.41) is 2.57. The molecule has 1 rings (SSSR count). The summed E-state index contributed by atoms with van der Waals surface area (Å²) in [6.07, 6.45) is 0.943. The summed E-state index contributed by atoms with van der Waals surface area (Å²) in [7, 11) is 0. The SMILES string of the molecule is CCC(N)(CC)C(=O)Nc1ccc(F)c(C(N)=O)c1. The van der Waals surface area contributed by atoms with Crippen LogP contribution in [-0.2, 0) is 4.79 Å². The number of anilines is 1. The Balaban J connectivity index is 2.98. The second kappa shape index (κ2) is 5.79. The average molecular weight is 267 g/mol. The molecule has 1 aromatic rings. The molecule has 0 radical (unpaired) electrons. The van der Waals surface area contributed by atoms with Crippen molar-refractivity contribution in [1.29, 1.82) is 0 Å². The smallest absolute Gasteiger partial charge is 0.251 e. The van der Waals surface area contributed by atoms with Gasteiger partial charge in [-0.05, 0) is 31.0 Å². The monoisotopic (exact) mass is 267 g/mol. The predicted octanol–water partition coefficient (Wildman–Crippen LogP) is 1.38. The Labute approximate surface area is 111 Å². The number of rotatable bonds is 5. The molecule has 2 amide bonds. The standard InChI is InChI=1S/C13H18FN3O2/c1-3-13(16,4-2)12(19)17-8-5-6-10(14)9(7-8)11(15)18/h5-7H,3-4,16H2,1-2H3,(H2,15,18)(H,17,19). The van der Waals surface area contributed by atoms with Crippen LogP contribution in [0.25, 0.3) is 0 Å². The number of primary amides is 1. The van der Waals surface area contributed by atoms with Crippen LogP contribution < -0.4 is 16.8 Å². The lowest BCUT2D eigenvalue weighted by Gasteiger charge is -2.25. The van der Waals surface area contributed by atoms with E-state index in [1.165, 1.54) is 12.1 Å². The lowest BCUT2D eigenvalue weighted by molar-refractivity contribution is -0.121. The highest BCUT2D eigenvalue weighted by atomic mass is 19.1. The van der Waals surface area contributed by atoms with E-state index in [1.807, 2.05) is 13.8 Å². The Morgan fingerprint density at radius 3 is 2.37 bits per heavy atom. The van der Waals surface area contributed by atoms with Crippen molar-refractivity contribution < 1.29 is 14.0 Å². The third kappa shape index (κ3) is 3.29. The maximum Gasteiger partial charge on any atom is 0.251 e. The molecule has 5 nitrogen and oxygen atoms in total. The van der Waals surface area contributed by atoms with Gasteiger partial charge in [-0.3, -0.25) is 9.59 Å². The van der Waals surface area contributed by atoms with Gasteiger partial charge in [-0.25, -0.2) is 4.39 Å². The van der Waals surface area contributed by atoms with Crippen molar-refractivity contribution in [3.8, 4) is 0 Å². The zero-order valence-corrected chi connectivity index (χ0v) is 11.0. The first kappa shape index (κ1) is 15.1. The van der Waals surface area contributed by atoms with E-state index < -0.39 is 17.3 Å². The van der Waals surface area contributed by atoms with Gasteiger partial charge in [0, 0.05) is 5.69 Å². The summed E-state index contributed by atoms with van der Waals surface area (Å²) >= 11 is 0. The van der Waals surface area contributed by atoms with Gasteiger partial charge in [0.05, 0.1) is 11.1 Å². The molecule has 5 N–H and O–H groups in total. The van der Waals surface area contributed by atoms with E-state index in [0.717, 1.165) is 6.07 Å². The molecule has 6 heteroatoms. The number of carbonyl (C=O) groups is 2. The van der Waals surface area contributed by atoms with Crippen LogP contribution in [0.5, 0.6) is 0 Å². The molecule has 1 aromatic carbocycles. The topological polar surface area (TPSA) is 98.2 Å². The van der Waals surface area contributed by atoms with Crippen molar-refractivity contribution in [2.24, 2.45) is 11.5 Å². The van der Waals surface area contributed by atoms with Crippen molar-refractivity contribution in [3.05, 3.63) is 29.6 Å². The van der Waals surface area contributed by atoms with Crippen molar-refractivity contribution in [1.82, 2.24) is 0 Å². The van der Waals surface area contributed by atoms with Gasteiger partial charge in [0.15, 0.2) is 0 Å². The lowest BCUT2D eigenvalue weighted by atomic mass is 9.93. The van der Waals surface area contributed by atoms with Gasteiger partial charge in [0.25, 0.3) is 5.91 Å².